The Kier molecular flexibility index (Phi) is 9.40. The van der Waals surface area contributed by atoms with Crippen LogP contribution in [0.15, 0.2) is 36.9 Å². The molecule has 3 heterocycles. The van der Waals surface area contributed by atoms with E-state index in [1.807, 2.05) is 0 Å². The Balaban J connectivity index is 1.67. The van der Waals surface area contributed by atoms with Crippen LogP contribution in [0, 0.1) is 0 Å². The van der Waals surface area contributed by atoms with Crippen LogP contribution in [0.5, 0.6) is 5.75 Å². The summed E-state index contributed by atoms with van der Waals surface area (Å²) in [5.74, 6) is -1.61. The van der Waals surface area contributed by atoms with Gasteiger partial charge in [-0.3, -0.25) is 23.5 Å². The summed E-state index contributed by atoms with van der Waals surface area (Å²) in [5, 5.41) is 10.6. The predicted molar refractivity (Wildman–Crippen MR) is 141 cm³/mol. The third kappa shape index (κ3) is 6.97. The number of aromatic nitrogens is 5. The summed E-state index contributed by atoms with van der Waals surface area (Å²) in [4.78, 5) is 43.9. The smallest absolute Gasteiger partial charge is 0.425 e. The molecule has 0 saturated carbocycles. The van der Waals surface area contributed by atoms with Crippen molar-refractivity contribution in [1.29, 1.82) is 0 Å². The normalized spacial score (nSPS) is 11.5. The van der Waals surface area contributed by atoms with Gasteiger partial charge in [-0.25, -0.2) is 18.7 Å². The van der Waals surface area contributed by atoms with E-state index in [-0.39, 0.29) is 65.3 Å². The van der Waals surface area contributed by atoms with Gasteiger partial charge < -0.3 is 26.4 Å². The molecule has 0 fully saturated rings. The number of carbonyl (C=O) groups excluding carboxylic acids is 3. The molecule has 19 heteroatoms. The van der Waals surface area contributed by atoms with Gasteiger partial charge in [-0.05, 0) is 12.1 Å². The lowest BCUT2D eigenvalue weighted by molar-refractivity contribution is -0.141. The van der Waals surface area contributed by atoms with Crippen molar-refractivity contribution < 1.29 is 41.1 Å². The maximum atomic E-state index is 13.7. The molecule has 5 N–H and O–H groups in total. The van der Waals surface area contributed by atoms with Crippen LogP contribution < -0.4 is 26.4 Å². The number of imidazole rings is 1. The van der Waals surface area contributed by atoms with Gasteiger partial charge in [0.25, 0.3) is 18.8 Å². The molecule has 0 radical (unpaired) electrons. The Labute approximate surface area is 243 Å². The standard InChI is InChI=1S/C24H21ClF5N9O4/c25-18-12(23(42)35-8-17(41)32-4-3-31)1-2-14(19(18)43-11-40)36-21-22-34-7-15(39(22)6-5-33-21)13-9-38(10-16(26)27)37-20(13)24(28,29)30/h1-2,5-7,9,11,16H,3-4,8,10,31H2,(H,32,41)(H,33,36)(H,35,42). The molecule has 0 aliphatic rings. The Morgan fingerprint density at radius 2 is 1.95 bits per heavy atom. The van der Waals surface area contributed by atoms with Crippen LogP contribution in [0.1, 0.15) is 16.1 Å². The maximum Gasteiger partial charge on any atom is 0.435 e. The number of hydrogen-bond acceptors (Lipinski definition) is 9. The lowest BCUT2D eigenvalue weighted by Gasteiger charge is -2.15. The number of benzene rings is 1. The molecule has 0 unspecified atom stereocenters. The number of ether oxygens (including phenoxy) is 1. The van der Waals surface area contributed by atoms with E-state index in [1.54, 1.807) is 0 Å². The van der Waals surface area contributed by atoms with Crippen LogP contribution in [0.25, 0.3) is 16.9 Å². The van der Waals surface area contributed by atoms with Crippen molar-refractivity contribution in [3.8, 4) is 17.0 Å². The van der Waals surface area contributed by atoms with Gasteiger partial charge in [-0.2, -0.15) is 18.3 Å². The average Bonchev–Trinajstić information content (AvgIpc) is 3.57. The molecule has 0 spiro atoms. The van der Waals surface area contributed by atoms with E-state index in [9.17, 15) is 36.3 Å². The fourth-order valence-corrected chi connectivity index (χ4v) is 4.21. The van der Waals surface area contributed by atoms with Crippen LogP contribution in [0.3, 0.4) is 0 Å². The molecular formula is C24H21ClF5N9O4. The van der Waals surface area contributed by atoms with E-state index in [2.05, 4.69) is 31.0 Å². The van der Waals surface area contributed by atoms with E-state index in [4.69, 9.17) is 22.1 Å². The summed E-state index contributed by atoms with van der Waals surface area (Å²) >= 11 is 6.34. The third-order valence-corrected chi connectivity index (χ3v) is 6.07. The number of amides is 2. The summed E-state index contributed by atoms with van der Waals surface area (Å²) in [6, 6.07) is 2.57. The van der Waals surface area contributed by atoms with Crippen molar-refractivity contribution in [1.82, 2.24) is 34.8 Å². The van der Waals surface area contributed by atoms with E-state index >= 15 is 0 Å². The van der Waals surface area contributed by atoms with Gasteiger partial charge in [0.05, 0.1) is 40.3 Å². The van der Waals surface area contributed by atoms with Crippen LogP contribution in [-0.4, -0.2) is 68.5 Å². The highest BCUT2D eigenvalue weighted by Gasteiger charge is 2.38. The number of nitrogens with zero attached hydrogens (tertiary/aromatic N) is 5. The molecule has 3 aromatic heterocycles. The zero-order chi connectivity index (χ0) is 31.3. The minimum atomic E-state index is -4.96. The van der Waals surface area contributed by atoms with Gasteiger partial charge >= 0.3 is 6.18 Å². The predicted octanol–water partition coefficient (Wildman–Crippen LogP) is 2.61. The zero-order valence-electron chi connectivity index (χ0n) is 21.7. The van der Waals surface area contributed by atoms with Crippen molar-refractivity contribution in [3.63, 3.8) is 0 Å². The number of fused-ring (bicyclic) bond motifs is 1. The van der Waals surface area contributed by atoms with Gasteiger partial charge in [0.2, 0.25) is 5.91 Å². The van der Waals surface area contributed by atoms with Gasteiger partial charge in [0.15, 0.2) is 22.9 Å². The fourth-order valence-electron chi connectivity index (χ4n) is 3.91. The molecule has 2 amide bonds. The highest BCUT2D eigenvalue weighted by molar-refractivity contribution is 6.36. The number of carbonyl (C=O) groups is 3. The first-order chi connectivity index (χ1) is 20.4. The molecule has 0 aliphatic heterocycles. The second-order valence-electron chi connectivity index (χ2n) is 8.58. The minimum absolute atomic E-state index is 0.00859. The molecule has 4 aromatic rings. The summed E-state index contributed by atoms with van der Waals surface area (Å²) in [5.41, 5.74) is 3.15. The molecule has 1 aromatic carbocycles. The summed E-state index contributed by atoms with van der Waals surface area (Å²) in [6.45, 7) is -0.979. The molecule has 0 atom stereocenters. The van der Waals surface area contributed by atoms with Gasteiger partial charge in [0.1, 0.15) is 6.54 Å². The topological polar surface area (TPSA) is 171 Å². The number of alkyl halides is 5. The Bertz CT molecular complexity index is 1660. The van der Waals surface area contributed by atoms with Crippen molar-refractivity contribution >= 4 is 47.0 Å². The zero-order valence-corrected chi connectivity index (χ0v) is 22.4. The summed E-state index contributed by atoms with van der Waals surface area (Å²) in [7, 11) is 0. The van der Waals surface area contributed by atoms with Gasteiger partial charge in [-0.15, -0.1) is 0 Å². The summed E-state index contributed by atoms with van der Waals surface area (Å²) < 4.78 is 73.5. The Morgan fingerprint density at radius 1 is 1.19 bits per heavy atom. The van der Waals surface area contributed by atoms with Crippen LogP contribution in [-0.2, 0) is 22.3 Å². The number of nitrogens with one attached hydrogen (secondary N) is 3. The second-order valence-corrected chi connectivity index (χ2v) is 8.96. The molecule has 43 heavy (non-hydrogen) atoms. The van der Waals surface area contributed by atoms with Crippen LogP contribution in [0.4, 0.5) is 33.5 Å². The number of hydrogen-bond donors (Lipinski definition) is 4. The molecule has 13 nitrogen and oxygen atoms in total. The number of halogens is 6. The number of anilines is 2. The highest BCUT2D eigenvalue weighted by Crippen LogP contribution is 2.39. The number of rotatable bonds is 12. The molecular weight excluding hydrogens is 609 g/mol. The fraction of sp³-hybridized carbons (Fsp3) is 0.250. The Hall–Kier alpha value is -4.84. The molecule has 0 aliphatic carbocycles. The second kappa shape index (κ2) is 13.0. The molecule has 4 rings (SSSR count). The van der Waals surface area contributed by atoms with E-state index in [0.717, 1.165) is 12.4 Å². The third-order valence-electron chi connectivity index (χ3n) is 5.70. The molecule has 0 saturated heterocycles. The van der Waals surface area contributed by atoms with Crippen molar-refractivity contribution in [2.45, 2.75) is 19.1 Å². The minimum Gasteiger partial charge on any atom is -0.425 e. The van der Waals surface area contributed by atoms with E-state index in [0.29, 0.717) is 4.68 Å². The van der Waals surface area contributed by atoms with Gasteiger partial charge in [0, 0.05) is 31.7 Å². The quantitative estimate of drug-likeness (QED) is 0.136. The molecule has 0 bridgehead atoms. The first-order valence-electron chi connectivity index (χ1n) is 12.1. The van der Waals surface area contributed by atoms with Crippen LogP contribution >= 0.6 is 11.6 Å². The van der Waals surface area contributed by atoms with Crippen molar-refractivity contribution in [3.05, 3.63) is 53.2 Å². The first-order valence-corrected chi connectivity index (χ1v) is 12.5. The summed E-state index contributed by atoms with van der Waals surface area (Å²) in [6.07, 6.45) is -3.47. The van der Waals surface area contributed by atoms with Gasteiger partial charge in [-0.1, -0.05) is 11.6 Å². The van der Waals surface area contributed by atoms with Crippen LogP contribution in [0.2, 0.25) is 5.02 Å². The number of nitrogens with two attached hydrogens (primary N) is 1. The largest absolute Gasteiger partial charge is 0.435 e. The Morgan fingerprint density at radius 3 is 2.63 bits per heavy atom. The lowest BCUT2D eigenvalue weighted by atomic mass is 10.1. The van der Waals surface area contributed by atoms with E-state index < -0.39 is 42.2 Å². The van der Waals surface area contributed by atoms with Crippen molar-refractivity contribution in [2.24, 2.45) is 5.73 Å². The SMILES string of the molecule is NCCNC(=O)CNC(=O)c1ccc(Nc2nccn3c(-c4cn(CC(F)F)nc4C(F)(F)F)cnc23)c(OC=O)c1Cl. The lowest BCUT2D eigenvalue weighted by Crippen LogP contribution is -2.38. The average molecular weight is 630 g/mol. The highest BCUT2D eigenvalue weighted by atomic mass is 35.5. The van der Waals surface area contributed by atoms with Crippen molar-refractivity contribution in [2.75, 3.05) is 25.0 Å². The monoisotopic (exact) mass is 629 g/mol. The maximum absolute atomic E-state index is 13.7. The first kappa shape index (κ1) is 31.1. The van der Waals surface area contributed by atoms with E-state index in [1.165, 1.54) is 28.9 Å². The molecule has 228 valence electrons.